The van der Waals surface area contributed by atoms with Crippen LogP contribution in [0.5, 0.6) is 11.5 Å². The minimum Gasteiger partial charge on any atom is -0.490 e. The van der Waals surface area contributed by atoms with Crippen molar-refractivity contribution in [1.29, 1.82) is 0 Å². The molecule has 4 fully saturated rings. The number of aliphatic carboxylic acids is 1. The Kier molecular flexibility index (Phi) is 18.3. The lowest BCUT2D eigenvalue weighted by molar-refractivity contribution is -0.143. The Hall–Kier alpha value is -4.02. The molecule has 2 heterocycles. The van der Waals surface area contributed by atoms with Gasteiger partial charge in [-0.1, -0.05) is 50.2 Å². The first-order valence-corrected chi connectivity index (χ1v) is 24.9. The number of hydrogen-bond donors (Lipinski definition) is 1. The predicted molar refractivity (Wildman–Crippen MR) is 257 cm³/mol. The Bertz CT molecular complexity index is 1910. The predicted octanol–water partition coefficient (Wildman–Crippen LogP) is 11.5. The second-order valence-corrected chi connectivity index (χ2v) is 19.4. The molecule has 1 N–H and O–H groups in total. The largest absolute Gasteiger partial charge is 0.490 e. The van der Waals surface area contributed by atoms with E-state index in [4.69, 9.17) is 18.9 Å². The van der Waals surface area contributed by atoms with E-state index in [-0.39, 0.29) is 11.8 Å². The lowest BCUT2D eigenvalue weighted by Gasteiger charge is -2.30. The van der Waals surface area contributed by atoms with Crippen LogP contribution in [0.4, 0.5) is 0 Å². The van der Waals surface area contributed by atoms with Gasteiger partial charge in [0.1, 0.15) is 17.3 Å². The van der Waals surface area contributed by atoms with Crippen LogP contribution in [0.1, 0.15) is 122 Å². The number of nitrogens with zero attached hydrogens (tertiary/aromatic N) is 2. The molecule has 64 heavy (non-hydrogen) atoms. The van der Waals surface area contributed by atoms with Gasteiger partial charge in [-0.15, -0.1) is 0 Å². The fourth-order valence-corrected chi connectivity index (χ4v) is 10.2. The number of fused-ring (bicyclic) bond motifs is 2. The first kappa shape index (κ1) is 47.9. The molecule has 0 aromatic heterocycles. The summed E-state index contributed by atoms with van der Waals surface area (Å²) in [5.74, 6) is 3.13. The number of Topliss-reactive ketones (excluding diaryl/α,β-unsaturated/α-hetero) is 1. The van der Waals surface area contributed by atoms with Crippen molar-refractivity contribution in [2.24, 2.45) is 23.7 Å². The Morgan fingerprint density at radius 1 is 0.531 bits per heavy atom. The fourth-order valence-electron chi connectivity index (χ4n) is 10.2. The van der Waals surface area contributed by atoms with Crippen molar-refractivity contribution >= 4 is 33.3 Å². The van der Waals surface area contributed by atoms with E-state index in [9.17, 15) is 14.7 Å². The summed E-state index contributed by atoms with van der Waals surface area (Å²) in [6.45, 7) is 15.2. The highest BCUT2D eigenvalue weighted by Crippen LogP contribution is 2.32. The molecule has 2 saturated heterocycles. The molecule has 9 nitrogen and oxygen atoms in total. The third-order valence-electron chi connectivity index (χ3n) is 14.3. The van der Waals surface area contributed by atoms with E-state index in [1.54, 1.807) is 6.92 Å². The van der Waals surface area contributed by atoms with Crippen LogP contribution in [0, 0.1) is 23.7 Å². The Labute approximate surface area is 383 Å². The quantitative estimate of drug-likeness (QED) is 0.0980. The number of benzene rings is 4. The molecule has 4 aromatic rings. The Morgan fingerprint density at radius 3 is 1.31 bits per heavy atom. The van der Waals surface area contributed by atoms with Gasteiger partial charge in [0.25, 0.3) is 0 Å². The van der Waals surface area contributed by atoms with Crippen LogP contribution in [0.15, 0.2) is 72.8 Å². The number of carbonyl (C=O) groups is 2. The summed E-state index contributed by atoms with van der Waals surface area (Å²) in [7, 11) is 0. The van der Waals surface area contributed by atoms with Gasteiger partial charge in [-0.25, -0.2) is 0 Å². The standard InChI is InChI=1S/C28H39NO3.C27H37NO4/c1-3-16-31-20-22-5-9-27(10-6-22)32-28-11-8-25-17-23(4-7-26(25)18-28)19-29-14-12-24(13-15-29)21(2)30;1-2-15-31-19-20-4-8-25(9-5-20)32-26-10-7-23-16-21(3-6-24(23)17-26)18-28-13-11-22(12-14-28)27(29)30/h4,7-8,11,17-18,22,24,27H,3,5-6,9-10,12-16,19-20H2,1-2H3;3,6-7,10,16-17,20,22,25H,2,4-5,8-9,11-15,18-19H2,1H3,(H,29,30). The molecule has 4 aromatic carbocycles. The van der Waals surface area contributed by atoms with Crippen molar-refractivity contribution in [3.8, 4) is 11.5 Å². The van der Waals surface area contributed by atoms with Crippen molar-refractivity contribution in [1.82, 2.24) is 9.80 Å². The molecule has 2 aliphatic carbocycles. The van der Waals surface area contributed by atoms with Crippen LogP contribution in [-0.4, -0.2) is 91.5 Å². The van der Waals surface area contributed by atoms with Crippen molar-refractivity contribution in [3.05, 3.63) is 83.9 Å². The highest BCUT2D eigenvalue weighted by Gasteiger charge is 2.26. The zero-order chi connectivity index (χ0) is 44.7. The average molecular weight is 877 g/mol. The summed E-state index contributed by atoms with van der Waals surface area (Å²) in [5, 5.41) is 14.1. The summed E-state index contributed by atoms with van der Waals surface area (Å²) < 4.78 is 24.1. The monoisotopic (exact) mass is 877 g/mol. The molecule has 0 unspecified atom stereocenters. The zero-order valence-electron chi connectivity index (χ0n) is 39.2. The number of piperidine rings is 2. The molecule has 2 saturated carbocycles. The number of carbonyl (C=O) groups excluding carboxylic acids is 1. The third kappa shape index (κ3) is 14.5. The smallest absolute Gasteiger partial charge is 0.306 e. The second kappa shape index (κ2) is 24.5. The zero-order valence-corrected chi connectivity index (χ0v) is 39.2. The summed E-state index contributed by atoms with van der Waals surface area (Å²) in [6, 6.07) is 26.3. The van der Waals surface area contributed by atoms with Gasteiger partial charge >= 0.3 is 5.97 Å². The van der Waals surface area contributed by atoms with Crippen LogP contribution in [0.2, 0.25) is 0 Å². The molecular weight excluding hydrogens is 801 g/mol. The van der Waals surface area contributed by atoms with Crippen molar-refractivity contribution < 1.29 is 33.6 Å². The maximum Gasteiger partial charge on any atom is 0.306 e. The third-order valence-corrected chi connectivity index (χ3v) is 14.3. The van der Waals surface area contributed by atoms with Crippen molar-refractivity contribution in [2.45, 2.75) is 136 Å². The molecule has 0 atom stereocenters. The van der Waals surface area contributed by atoms with Crippen LogP contribution >= 0.6 is 0 Å². The van der Waals surface area contributed by atoms with E-state index in [2.05, 4.69) is 96.4 Å². The van der Waals surface area contributed by atoms with E-state index in [0.29, 0.717) is 29.8 Å². The lowest BCUT2D eigenvalue weighted by atomic mass is 9.88. The first-order valence-electron chi connectivity index (χ1n) is 24.9. The first-order chi connectivity index (χ1) is 31.2. The molecule has 0 amide bonds. The van der Waals surface area contributed by atoms with Gasteiger partial charge in [-0.05, 0) is 204 Å². The molecular formula is C55H76N2O7. The van der Waals surface area contributed by atoms with E-state index in [1.807, 2.05) is 0 Å². The number of likely N-dealkylation sites (tertiary alicyclic amines) is 2. The normalized spacial score (nSPS) is 22.8. The number of ketones is 1. The van der Waals surface area contributed by atoms with Gasteiger partial charge in [0.2, 0.25) is 0 Å². The summed E-state index contributed by atoms with van der Waals surface area (Å²) in [4.78, 5) is 27.6. The topological polar surface area (TPSA) is 97.8 Å². The minimum absolute atomic E-state index is 0.175. The van der Waals surface area contributed by atoms with Crippen LogP contribution in [0.25, 0.3) is 21.5 Å². The minimum atomic E-state index is -0.651. The Balaban J connectivity index is 0.000000191. The molecule has 4 aliphatic rings. The van der Waals surface area contributed by atoms with E-state index in [1.165, 1.54) is 58.4 Å². The molecule has 8 rings (SSSR count). The summed E-state index contributed by atoms with van der Waals surface area (Å²) >= 11 is 0. The summed E-state index contributed by atoms with van der Waals surface area (Å²) in [6.07, 6.45) is 15.6. The average Bonchev–Trinajstić information content (AvgIpc) is 3.31. The van der Waals surface area contributed by atoms with E-state index < -0.39 is 5.97 Å². The van der Waals surface area contributed by atoms with E-state index in [0.717, 1.165) is 141 Å². The van der Waals surface area contributed by atoms with Crippen LogP contribution < -0.4 is 9.47 Å². The lowest BCUT2D eigenvalue weighted by Crippen LogP contribution is -2.35. The van der Waals surface area contributed by atoms with Crippen LogP contribution in [-0.2, 0) is 32.2 Å². The highest BCUT2D eigenvalue weighted by atomic mass is 16.5. The van der Waals surface area contributed by atoms with Gasteiger partial charge in [0, 0.05) is 45.4 Å². The van der Waals surface area contributed by atoms with Crippen molar-refractivity contribution in [3.63, 3.8) is 0 Å². The molecule has 0 spiro atoms. The van der Waals surface area contributed by atoms with Gasteiger partial charge in [-0.3, -0.25) is 19.4 Å². The Morgan fingerprint density at radius 2 is 0.922 bits per heavy atom. The summed E-state index contributed by atoms with van der Waals surface area (Å²) in [5.41, 5.74) is 2.62. The van der Waals surface area contributed by atoms with Crippen molar-refractivity contribution in [2.75, 3.05) is 52.6 Å². The molecule has 0 bridgehead atoms. The number of rotatable bonds is 18. The molecule has 0 radical (unpaired) electrons. The number of hydrogen-bond acceptors (Lipinski definition) is 8. The van der Waals surface area contributed by atoms with Crippen LogP contribution in [0.3, 0.4) is 0 Å². The molecule has 2 aliphatic heterocycles. The molecule has 9 heteroatoms. The van der Waals surface area contributed by atoms with Gasteiger partial charge < -0.3 is 24.1 Å². The second-order valence-electron chi connectivity index (χ2n) is 19.4. The highest BCUT2D eigenvalue weighted by molar-refractivity contribution is 5.85. The van der Waals surface area contributed by atoms with Gasteiger partial charge in [0.15, 0.2) is 0 Å². The molecule has 348 valence electrons. The van der Waals surface area contributed by atoms with Gasteiger partial charge in [0.05, 0.1) is 18.1 Å². The van der Waals surface area contributed by atoms with Gasteiger partial charge in [-0.2, -0.15) is 0 Å². The SMILES string of the molecule is CCCOCC1CCC(Oc2ccc3cc(CN4CCC(C(=O)O)CC4)ccc3c2)CC1.CCCOCC1CCC(Oc2ccc3cc(CN4CCC(C(C)=O)CC4)ccc3c2)CC1. The number of carboxylic acids is 1. The number of ether oxygens (including phenoxy) is 4. The maximum atomic E-state index is 11.6. The number of carboxylic acid groups (broad SMARTS) is 1. The fraction of sp³-hybridized carbons (Fsp3) is 0.600. The maximum absolute atomic E-state index is 11.6. The van der Waals surface area contributed by atoms with E-state index >= 15 is 0 Å².